The number of hydrogen-bond acceptors (Lipinski definition) is 1. The van der Waals surface area contributed by atoms with Crippen LogP contribution in [-0.2, 0) is 0 Å². The van der Waals surface area contributed by atoms with Crippen molar-refractivity contribution in [3.63, 3.8) is 0 Å². The topological polar surface area (TPSA) is 16.8 Å². The molecule has 0 saturated carbocycles. The molecule has 0 spiro atoms. The van der Waals surface area contributed by atoms with E-state index in [0.29, 0.717) is 0 Å². The van der Waals surface area contributed by atoms with Crippen LogP contribution in [0.15, 0.2) is 49.1 Å². The van der Waals surface area contributed by atoms with Crippen molar-refractivity contribution in [2.45, 2.75) is 0 Å². The Balaban J connectivity index is 0.000000980. The van der Waals surface area contributed by atoms with Crippen LogP contribution in [0, 0.1) is 0 Å². The molecule has 0 aliphatic carbocycles. The molecular formula is C10H8Cl2N2. The summed E-state index contributed by atoms with van der Waals surface area (Å²) < 4.78 is 1.98. The average molecular weight is 227 g/mol. The van der Waals surface area contributed by atoms with Gasteiger partial charge >= 0.3 is 0 Å². The molecule has 4 heteroatoms. The van der Waals surface area contributed by atoms with Crippen LogP contribution in [0.4, 0.5) is 0 Å². The first-order valence-electron chi connectivity index (χ1n) is 3.93. The Labute approximate surface area is 93.6 Å². The minimum Gasteiger partial charge on any atom is -1.00 e. The maximum atomic E-state index is 5.77. The van der Waals surface area contributed by atoms with Crippen LogP contribution < -0.4 is 17.0 Å². The van der Waals surface area contributed by atoms with Crippen molar-refractivity contribution < 1.29 is 17.0 Å². The summed E-state index contributed by atoms with van der Waals surface area (Å²) in [4.78, 5) is 3.95. The van der Waals surface area contributed by atoms with Gasteiger partial charge in [0.05, 0.1) is 5.02 Å². The van der Waals surface area contributed by atoms with E-state index in [9.17, 15) is 0 Å². The maximum absolute atomic E-state index is 5.77. The quantitative estimate of drug-likeness (QED) is 0.572. The van der Waals surface area contributed by atoms with E-state index in [1.165, 1.54) is 0 Å². The minimum atomic E-state index is 0. The molecule has 0 atom stereocenters. The van der Waals surface area contributed by atoms with Crippen LogP contribution >= 0.6 is 11.6 Å². The third kappa shape index (κ3) is 2.44. The first-order valence-corrected chi connectivity index (χ1v) is 4.31. The van der Waals surface area contributed by atoms with Crippen molar-refractivity contribution in [2.24, 2.45) is 0 Å². The van der Waals surface area contributed by atoms with Crippen LogP contribution in [-0.4, -0.2) is 4.98 Å². The van der Waals surface area contributed by atoms with Gasteiger partial charge in [-0.2, -0.15) is 4.57 Å². The second kappa shape index (κ2) is 4.94. The zero-order valence-corrected chi connectivity index (χ0v) is 8.78. The molecule has 2 nitrogen and oxygen atoms in total. The van der Waals surface area contributed by atoms with Gasteiger partial charge in [-0.25, -0.2) is 0 Å². The molecule has 0 aliphatic rings. The Kier molecular flexibility index (Phi) is 3.86. The third-order valence-electron chi connectivity index (χ3n) is 1.75. The summed E-state index contributed by atoms with van der Waals surface area (Å²) in [5, 5.41) is 0.741. The fourth-order valence-electron chi connectivity index (χ4n) is 1.10. The van der Waals surface area contributed by atoms with Gasteiger partial charge in [0.25, 0.3) is 0 Å². The summed E-state index contributed by atoms with van der Waals surface area (Å²) in [5.74, 6) is 0. The molecule has 0 fully saturated rings. The first kappa shape index (κ1) is 11.0. The van der Waals surface area contributed by atoms with E-state index < -0.39 is 0 Å². The predicted octanol–water partition coefficient (Wildman–Crippen LogP) is -0.984. The fourth-order valence-corrected chi connectivity index (χ4v) is 1.21. The van der Waals surface area contributed by atoms with E-state index in [2.05, 4.69) is 4.98 Å². The van der Waals surface area contributed by atoms with Gasteiger partial charge in [0, 0.05) is 36.7 Å². The normalized spacial score (nSPS) is 9.21. The smallest absolute Gasteiger partial charge is 0.213 e. The zero-order valence-electron chi connectivity index (χ0n) is 7.27. The molecule has 0 N–H and O–H groups in total. The van der Waals surface area contributed by atoms with Gasteiger partial charge in [0.15, 0.2) is 12.4 Å². The van der Waals surface area contributed by atoms with Crippen LogP contribution in [0.5, 0.6) is 0 Å². The molecule has 2 aromatic rings. The Morgan fingerprint density at radius 3 is 2.14 bits per heavy atom. The Morgan fingerprint density at radius 1 is 1.00 bits per heavy atom. The van der Waals surface area contributed by atoms with Gasteiger partial charge in [0.2, 0.25) is 5.69 Å². The molecule has 0 bridgehead atoms. The third-order valence-corrected chi connectivity index (χ3v) is 2.00. The molecule has 2 aromatic heterocycles. The standard InChI is InChI=1S/C10H8ClN2.ClH/c11-9-3-7-13(8-4-9)10-1-5-12-6-2-10;/h1-8H;1H/q+1;/p-1. The number of hydrogen-bond donors (Lipinski definition) is 0. The number of nitrogens with zero attached hydrogens (tertiary/aromatic N) is 2. The van der Waals surface area contributed by atoms with Gasteiger partial charge in [-0.3, -0.25) is 4.98 Å². The zero-order chi connectivity index (χ0) is 9.10. The Bertz CT molecular complexity index is 387. The van der Waals surface area contributed by atoms with E-state index in [4.69, 9.17) is 11.6 Å². The molecule has 2 heterocycles. The highest BCUT2D eigenvalue weighted by Gasteiger charge is 2.02. The molecule has 0 aliphatic heterocycles. The fraction of sp³-hybridized carbons (Fsp3) is 0. The largest absolute Gasteiger partial charge is 1.00 e. The van der Waals surface area contributed by atoms with E-state index in [-0.39, 0.29) is 12.4 Å². The highest BCUT2D eigenvalue weighted by atomic mass is 35.5. The SMILES string of the molecule is Clc1cc[n+](-c2ccncc2)cc1.[Cl-]. The van der Waals surface area contributed by atoms with Crippen molar-refractivity contribution in [2.75, 3.05) is 0 Å². The summed E-state index contributed by atoms with van der Waals surface area (Å²) in [5.41, 5.74) is 1.08. The van der Waals surface area contributed by atoms with Gasteiger partial charge in [0.1, 0.15) is 0 Å². The molecule has 0 aromatic carbocycles. The lowest BCUT2D eigenvalue weighted by Gasteiger charge is -1.93. The second-order valence-electron chi connectivity index (χ2n) is 2.63. The lowest BCUT2D eigenvalue weighted by atomic mass is 10.4. The number of aromatic nitrogens is 2. The summed E-state index contributed by atoms with van der Waals surface area (Å²) in [6.45, 7) is 0. The first-order chi connectivity index (χ1) is 6.36. The number of halogens is 2. The Morgan fingerprint density at radius 2 is 1.57 bits per heavy atom. The van der Waals surface area contributed by atoms with E-state index >= 15 is 0 Å². The van der Waals surface area contributed by atoms with Crippen molar-refractivity contribution in [1.29, 1.82) is 0 Å². The highest BCUT2D eigenvalue weighted by molar-refractivity contribution is 6.30. The van der Waals surface area contributed by atoms with Gasteiger partial charge < -0.3 is 12.4 Å². The lowest BCUT2D eigenvalue weighted by Crippen LogP contribution is -3.00. The second-order valence-corrected chi connectivity index (χ2v) is 3.07. The predicted molar refractivity (Wildman–Crippen MR) is 50.8 cm³/mol. The van der Waals surface area contributed by atoms with Crippen LogP contribution in [0.1, 0.15) is 0 Å². The molecule has 0 unspecified atom stereocenters. The van der Waals surface area contributed by atoms with Gasteiger partial charge in [-0.15, -0.1) is 0 Å². The van der Waals surface area contributed by atoms with E-state index in [1.54, 1.807) is 12.4 Å². The summed E-state index contributed by atoms with van der Waals surface area (Å²) in [6, 6.07) is 7.58. The van der Waals surface area contributed by atoms with E-state index in [1.807, 2.05) is 41.2 Å². The monoisotopic (exact) mass is 226 g/mol. The molecular weight excluding hydrogens is 219 g/mol. The minimum absolute atomic E-state index is 0. The van der Waals surface area contributed by atoms with Crippen molar-refractivity contribution in [3.05, 3.63) is 54.1 Å². The van der Waals surface area contributed by atoms with Crippen LogP contribution in [0.3, 0.4) is 0 Å². The molecule has 0 radical (unpaired) electrons. The number of rotatable bonds is 1. The lowest BCUT2D eigenvalue weighted by molar-refractivity contribution is -0.595. The van der Waals surface area contributed by atoms with E-state index in [0.717, 1.165) is 10.7 Å². The van der Waals surface area contributed by atoms with Crippen molar-refractivity contribution >= 4 is 11.6 Å². The molecule has 0 saturated heterocycles. The Hall–Kier alpha value is -1.12. The summed E-state index contributed by atoms with van der Waals surface area (Å²) in [7, 11) is 0. The maximum Gasteiger partial charge on any atom is 0.213 e. The summed E-state index contributed by atoms with van der Waals surface area (Å²) >= 11 is 5.77. The highest BCUT2D eigenvalue weighted by Crippen LogP contribution is 2.03. The van der Waals surface area contributed by atoms with Gasteiger partial charge in [-0.1, -0.05) is 11.6 Å². The van der Waals surface area contributed by atoms with Crippen molar-refractivity contribution in [3.8, 4) is 5.69 Å². The van der Waals surface area contributed by atoms with Crippen LogP contribution in [0.25, 0.3) is 5.69 Å². The molecule has 14 heavy (non-hydrogen) atoms. The molecule has 2 rings (SSSR count). The number of pyridine rings is 2. The molecule has 72 valence electrons. The van der Waals surface area contributed by atoms with Crippen molar-refractivity contribution in [1.82, 2.24) is 4.98 Å². The molecule has 0 amide bonds. The van der Waals surface area contributed by atoms with Crippen LogP contribution in [0.2, 0.25) is 5.02 Å². The average Bonchev–Trinajstić information content (AvgIpc) is 2.20. The van der Waals surface area contributed by atoms with Gasteiger partial charge in [-0.05, 0) is 0 Å². The summed E-state index contributed by atoms with van der Waals surface area (Å²) in [6.07, 6.45) is 7.35.